The molecule has 0 aliphatic carbocycles. The molecule has 4 atom stereocenters. The zero-order valence-electron chi connectivity index (χ0n) is 22.1. The van der Waals surface area contributed by atoms with E-state index >= 15 is 0 Å². The summed E-state index contributed by atoms with van der Waals surface area (Å²) in [6.45, 7) is 8.56. The predicted molar refractivity (Wildman–Crippen MR) is 148 cm³/mol. The van der Waals surface area contributed by atoms with Gasteiger partial charge in [0, 0.05) is 6.07 Å². The molecule has 2 N–H and O–H groups in total. The number of nitrogens with zero attached hydrogens (tertiary/aromatic N) is 3. The Morgan fingerprint density at radius 3 is 2.74 bits per heavy atom. The first kappa shape index (κ1) is 28.3. The topological polar surface area (TPSA) is 118 Å². The van der Waals surface area contributed by atoms with Gasteiger partial charge < -0.3 is 4.52 Å². The fourth-order valence-corrected chi connectivity index (χ4v) is 5.82. The summed E-state index contributed by atoms with van der Waals surface area (Å²) in [5.41, 5.74) is 5.34. The molecule has 1 aliphatic heterocycles. The van der Waals surface area contributed by atoms with Gasteiger partial charge in [0.2, 0.25) is 0 Å². The molecule has 1 unspecified atom stereocenters. The average molecular weight is 603 g/mol. The second-order valence-electron chi connectivity index (χ2n) is 9.93. The van der Waals surface area contributed by atoms with Crippen molar-refractivity contribution < 1.29 is 24.0 Å². The number of aromatic nitrogens is 2. The smallest absolute Gasteiger partial charge is 0.0281 e. The van der Waals surface area contributed by atoms with Crippen molar-refractivity contribution in [3.8, 4) is 16.2 Å². The van der Waals surface area contributed by atoms with Gasteiger partial charge in [-0.2, -0.15) is 0 Å². The minimum Gasteiger partial charge on any atom is -0.360 e. The standard InChI is InChI=1S/C27H35AsN4O5S/c1-15(2)24(23-9-16(3)31-37-23)27(35)32-13-20(33)11-21(32)26(34)29-12-19-6-5-18(10-22(19)36-8-7-28)25-17(4)30-14-38-25/h5-6,9-10,14-15,20-21,24,33H,7-8,11-13,28H2,1-4H3,(H,29,34)/t20-,21+,24-/m1/s1. The zero-order chi connectivity index (χ0) is 27.4. The molecule has 3 heterocycles. The van der Waals surface area contributed by atoms with Crippen LogP contribution in [-0.4, -0.2) is 74.1 Å². The predicted octanol–water partition coefficient (Wildman–Crippen LogP) is 2.86. The van der Waals surface area contributed by atoms with Gasteiger partial charge in [-0.1, -0.05) is 19.0 Å². The van der Waals surface area contributed by atoms with Crippen molar-refractivity contribution in [2.24, 2.45) is 5.92 Å². The number of amides is 2. The first-order valence-electron chi connectivity index (χ1n) is 12.7. The number of ether oxygens (including phenoxy) is 1. The molecule has 2 amide bonds. The molecular weight excluding hydrogens is 567 g/mol. The molecule has 9 nitrogen and oxygen atoms in total. The zero-order valence-corrected chi connectivity index (χ0v) is 25.4. The van der Waals surface area contributed by atoms with Gasteiger partial charge >= 0.3 is 182 Å². The first-order valence-corrected chi connectivity index (χ1v) is 15.3. The van der Waals surface area contributed by atoms with E-state index in [1.807, 2.05) is 44.5 Å². The van der Waals surface area contributed by atoms with Crippen molar-refractivity contribution in [2.75, 3.05) is 13.2 Å². The fraction of sp³-hybridized carbons (Fsp3) is 0.481. The van der Waals surface area contributed by atoms with Gasteiger partial charge in [-0.05, 0) is 12.8 Å². The Labute approximate surface area is 235 Å². The molecule has 0 spiro atoms. The number of aryl methyl sites for hydroxylation is 2. The number of hydrogen-bond donors (Lipinski definition) is 2. The van der Waals surface area contributed by atoms with Crippen LogP contribution in [0.5, 0.6) is 5.75 Å². The molecule has 0 radical (unpaired) electrons. The maximum absolute atomic E-state index is 13.6. The third-order valence-corrected chi connectivity index (χ3v) is 8.13. The Morgan fingerprint density at radius 1 is 1.32 bits per heavy atom. The largest absolute Gasteiger partial charge is 0.360 e. The quantitative estimate of drug-likeness (QED) is 0.343. The average Bonchev–Trinajstić information content (AvgIpc) is 3.61. The molecule has 0 bridgehead atoms. The second kappa shape index (κ2) is 12.4. The molecular formula is C27H35AsN4O5S. The number of thiazole rings is 1. The first-order chi connectivity index (χ1) is 18.2. The van der Waals surface area contributed by atoms with Gasteiger partial charge in [0.05, 0.1) is 5.69 Å². The summed E-state index contributed by atoms with van der Waals surface area (Å²) in [5, 5.41) is 18.2. The Morgan fingerprint density at radius 2 is 2.11 bits per heavy atom. The van der Waals surface area contributed by atoms with E-state index in [1.54, 1.807) is 41.2 Å². The second-order valence-corrected chi connectivity index (χ2v) is 12.0. The Balaban J connectivity index is 1.50. The van der Waals surface area contributed by atoms with Gasteiger partial charge in [0.1, 0.15) is 5.76 Å². The van der Waals surface area contributed by atoms with Gasteiger partial charge in [-0.25, -0.2) is 0 Å². The maximum atomic E-state index is 13.6. The number of aliphatic hydroxyl groups is 1. The van der Waals surface area contributed by atoms with Crippen LogP contribution in [-0.2, 0) is 16.1 Å². The van der Waals surface area contributed by atoms with Crippen molar-refractivity contribution in [1.82, 2.24) is 20.4 Å². The number of aliphatic hydroxyl groups excluding tert-OH is 1. The van der Waals surface area contributed by atoms with Crippen molar-refractivity contribution in [1.29, 1.82) is 0 Å². The molecule has 38 heavy (non-hydrogen) atoms. The molecule has 11 heteroatoms. The van der Waals surface area contributed by atoms with E-state index in [1.165, 1.54) is 4.90 Å². The molecule has 1 saturated heterocycles. The number of β-amino-alcohol motifs (C(OH)–C–C–N with tert-alkyl or cyclic N) is 1. The summed E-state index contributed by atoms with van der Waals surface area (Å²) in [5.74, 6) is -0.0253. The number of likely N-dealkylation sites (tertiary alicyclic amines) is 1. The van der Waals surface area contributed by atoms with Gasteiger partial charge in [-0.15, -0.1) is 0 Å². The maximum Gasteiger partial charge on any atom is -0.0281 e. The van der Waals surface area contributed by atoms with Crippen LogP contribution in [0.15, 0.2) is 34.3 Å². The van der Waals surface area contributed by atoms with Gasteiger partial charge in [0.15, 0.2) is 0 Å². The van der Waals surface area contributed by atoms with Gasteiger partial charge in [0.25, 0.3) is 0 Å². The van der Waals surface area contributed by atoms with Crippen LogP contribution < -0.4 is 10.1 Å². The van der Waals surface area contributed by atoms with Crippen molar-refractivity contribution in [3.05, 3.63) is 52.5 Å². The summed E-state index contributed by atoms with van der Waals surface area (Å²) in [4.78, 5) is 33.9. The Kier molecular flexibility index (Phi) is 9.28. The summed E-state index contributed by atoms with van der Waals surface area (Å²) in [7, 11) is 0. The Bertz CT molecular complexity index is 1280. The minimum atomic E-state index is -0.774. The van der Waals surface area contributed by atoms with Crippen LogP contribution in [0.25, 0.3) is 10.4 Å². The summed E-state index contributed by atoms with van der Waals surface area (Å²) in [6.07, 6.45) is -0.589. The molecule has 0 saturated carbocycles. The molecule has 1 aromatic carbocycles. The van der Waals surface area contributed by atoms with E-state index in [0.717, 1.165) is 26.9 Å². The van der Waals surface area contributed by atoms with E-state index in [9.17, 15) is 14.7 Å². The van der Waals surface area contributed by atoms with Crippen molar-refractivity contribution >= 4 is 40.0 Å². The van der Waals surface area contributed by atoms with E-state index in [4.69, 9.17) is 9.26 Å². The van der Waals surface area contributed by atoms with Gasteiger partial charge in [-0.3, -0.25) is 0 Å². The van der Waals surface area contributed by atoms with E-state index in [2.05, 4.69) is 15.5 Å². The molecule has 1 aliphatic rings. The van der Waals surface area contributed by atoms with E-state index in [0.29, 0.717) is 23.8 Å². The molecule has 1 fully saturated rings. The van der Waals surface area contributed by atoms with Crippen LogP contribution in [0.3, 0.4) is 0 Å². The number of benzene rings is 1. The molecule has 3 aromatic rings. The molecule has 204 valence electrons. The van der Waals surface area contributed by atoms with Crippen LogP contribution >= 0.6 is 11.3 Å². The third-order valence-electron chi connectivity index (χ3n) is 6.65. The van der Waals surface area contributed by atoms with Crippen molar-refractivity contribution in [3.63, 3.8) is 0 Å². The fourth-order valence-electron chi connectivity index (χ4n) is 4.77. The van der Waals surface area contributed by atoms with Crippen LogP contribution in [0.1, 0.15) is 48.9 Å². The third kappa shape index (κ3) is 6.30. The monoisotopic (exact) mass is 602 g/mol. The molecule has 4 rings (SSSR count). The summed E-state index contributed by atoms with van der Waals surface area (Å²) in [6, 6.07) is 6.93. The van der Waals surface area contributed by atoms with E-state index in [-0.39, 0.29) is 37.2 Å². The van der Waals surface area contributed by atoms with Crippen molar-refractivity contribution in [2.45, 2.75) is 63.9 Å². The SMILES string of the molecule is Cc1cc([C@H](C(=O)N2C[C@H](O)C[C@H]2C(=O)NCc2ccc(-c3scnc3C)cc2OCC[AsH2])C(C)C)on1. The van der Waals surface area contributed by atoms with Crippen LogP contribution in [0.2, 0.25) is 5.21 Å². The Hall–Kier alpha value is -2.68. The number of carbonyl (C=O) groups is 2. The number of hydrogen-bond acceptors (Lipinski definition) is 8. The van der Waals surface area contributed by atoms with Crippen LogP contribution in [0, 0.1) is 19.8 Å². The molecule has 2 aromatic heterocycles. The van der Waals surface area contributed by atoms with Crippen LogP contribution in [0.4, 0.5) is 0 Å². The summed E-state index contributed by atoms with van der Waals surface area (Å²) >= 11 is 3.17. The number of rotatable bonds is 10. The number of carbonyl (C=O) groups excluding carboxylic acids is 2. The minimum absolute atomic E-state index is 0.0725. The normalized spacial score (nSPS) is 18.1. The van der Waals surface area contributed by atoms with E-state index < -0.39 is 18.1 Å². The number of nitrogens with one attached hydrogen (secondary N) is 1. The summed E-state index contributed by atoms with van der Waals surface area (Å²) < 4.78 is 11.4.